The van der Waals surface area contributed by atoms with Crippen molar-refractivity contribution in [3.63, 3.8) is 0 Å². The van der Waals surface area contributed by atoms with Crippen LogP contribution in [0.25, 0.3) is 11.1 Å². The minimum absolute atomic E-state index is 0.714. The predicted octanol–water partition coefficient (Wildman–Crippen LogP) is 5.16. The Kier molecular flexibility index (Phi) is 8.10. The molecule has 3 rings (SSSR count). The van der Waals surface area contributed by atoms with Crippen LogP contribution in [-0.2, 0) is 0 Å². The van der Waals surface area contributed by atoms with E-state index in [9.17, 15) is 0 Å². The molecule has 0 amide bonds. The molecule has 4 heteroatoms. The first-order chi connectivity index (χ1) is 13.7. The molecule has 4 nitrogen and oxygen atoms in total. The van der Waals surface area contributed by atoms with Crippen molar-refractivity contribution >= 4 is 11.7 Å². The number of amidine groups is 2. The van der Waals surface area contributed by atoms with E-state index in [1.807, 2.05) is 75.4 Å². The number of aromatic nitrogens is 1. The summed E-state index contributed by atoms with van der Waals surface area (Å²) in [6, 6.07) is 22.4. The van der Waals surface area contributed by atoms with Crippen LogP contribution >= 0.6 is 0 Å². The highest BCUT2D eigenvalue weighted by Crippen LogP contribution is 2.19. The Morgan fingerprint density at radius 1 is 0.786 bits per heavy atom. The quantitative estimate of drug-likeness (QED) is 0.471. The molecule has 0 N–H and O–H groups in total. The van der Waals surface area contributed by atoms with E-state index in [2.05, 4.69) is 40.3 Å². The Morgan fingerprint density at radius 2 is 1.46 bits per heavy atom. The lowest BCUT2D eigenvalue weighted by atomic mass is 10.0. The van der Waals surface area contributed by atoms with Crippen molar-refractivity contribution < 1.29 is 0 Å². The van der Waals surface area contributed by atoms with Gasteiger partial charge in [-0.15, -0.1) is 0 Å². The van der Waals surface area contributed by atoms with Gasteiger partial charge >= 0.3 is 0 Å². The standard InChI is InChI=1S/C22H22N4.C2H6/c1-23-21(18-8-5-4-6-9-18)25-22(26(2)3)19-13-11-17(12-14-19)20-10-7-15-24-16-20;1-2/h4-16H,1-3H3;1-2H3. The van der Waals surface area contributed by atoms with Crippen molar-refractivity contribution in [2.24, 2.45) is 9.98 Å². The molecule has 1 aromatic heterocycles. The number of pyridine rings is 1. The van der Waals surface area contributed by atoms with Crippen LogP contribution in [0.2, 0.25) is 0 Å². The lowest BCUT2D eigenvalue weighted by Crippen LogP contribution is -2.24. The highest BCUT2D eigenvalue weighted by molar-refractivity contribution is 6.11. The normalized spacial score (nSPS) is 11.5. The zero-order valence-corrected chi connectivity index (χ0v) is 17.3. The summed E-state index contributed by atoms with van der Waals surface area (Å²) in [5, 5.41) is 0. The number of aliphatic imine (C=N–C) groups is 2. The maximum absolute atomic E-state index is 4.82. The lowest BCUT2D eigenvalue weighted by molar-refractivity contribution is 0.625. The molecule has 3 aromatic rings. The van der Waals surface area contributed by atoms with E-state index in [1.54, 1.807) is 13.2 Å². The second kappa shape index (κ2) is 10.8. The smallest absolute Gasteiger partial charge is 0.156 e. The van der Waals surface area contributed by atoms with Crippen LogP contribution in [0.4, 0.5) is 0 Å². The number of hydrogen-bond acceptors (Lipinski definition) is 2. The van der Waals surface area contributed by atoms with Crippen LogP contribution < -0.4 is 0 Å². The molecular formula is C24H28N4. The first-order valence-electron chi connectivity index (χ1n) is 9.48. The van der Waals surface area contributed by atoms with Gasteiger partial charge in [0.25, 0.3) is 0 Å². The van der Waals surface area contributed by atoms with Gasteiger partial charge in [0.05, 0.1) is 0 Å². The summed E-state index contributed by atoms with van der Waals surface area (Å²) in [7, 11) is 5.75. The molecule has 0 bridgehead atoms. The molecule has 0 aliphatic rings. The number of hydrogen-bond donors (Lipinski definition) is 0. The Balaban J connectivity index is 0.00000136. The van der Waals surface area contributed by atoms with Gasteiger partial charge in [-0.3, -0.25) is 9.98 Å². The molecule has 0 saturated heterocycles. The largest absolute Gasteiger partial charge is 0.362 e. The van der Waals surface area contributed by atoms with Gasteiger partial charge in [-0.05, 0) is 17.2 Å². The first-order valence-corrected chi connectivity index (χ1v) is 9.48. The molecule has 144 valence electrons. The van der Waals surface area contributed by atoms with Crippen molar-refractivity contribution in [2.45, 2.75) is 13.8 Å². The first kappa shape index (κ1) is 21.0. The molecular weight excluding hydrogens is 344 g/mol. The van der Waals surface area contributed by atoms with Crippen molar-refractivity contribution in [1.29, 1.82) is 0 Å². The van der Waals surface area contributed by atoms with Crippen molar-refractivity contribution in [1.82, 2.24) is 9.88 Å². The molecule has 0 saturated carbocycles. The minimum atomic E-state index is 0.714. The second-order valence-electron chi connectivity index (χ2n) is 6.06. The molecule has 0 aliphatic carbocycles. The predicted molar refractivity (Wildman–Crippen MR) is 120 cm³/mol. The van der Waals surface area contributed by atoms with Gasteiger partial charge in [-0.1, -0.05) is 74.5 Å². The van der Waals surface area contributed by atoms with Gasteiger partial charge in [0, 0.05) is 44.7 Å². The van der Waals surface area contributed by atoms with Crippen LogP contribution in [-0.4, -0.2) is 42.7 Å². The minimum Gasteiger partial charge on any atom is -0.362 e. The van der Waals surface area contributed by atoms with Crippen LogP contribution in [0.3, 0.4) is 0 Å². The molecule has 2 aromatic carbocycles. The van der Waals surface area contributed by atoms with Crippen molar-refractivity contribution in [3.8, 4) is 11.1 Å². The van der Waals surface area contributed by atoms with Gasteiger partial charge < -0.3 is 4.90 Å². The van der Waals surface area contributed by atoms with E-state index < -0.39 is 0 Å². The fourth-order valence-electron chi connectivity index (χ4n) is 2.70. The fraction of sp³-hybridized carbons (Fsp3) is 0.208. The summed E-state index contributed by atoms with van der Waals surface area (Å²) in [4.78, 5) is 15.4. The van der Waals surface area contributed by atoms with Crippen LogP contribution in [0.1, 0.15) is 25.0 Å². The zero-order chi connectivity index (χ0) is 20.4. The summed E-state index contributed by atoms with van der Waals surface area (Å²) in [5.41, 5.74) is 4.27. The molecule has 28 heavy (non-hydrogen) atoms. The molecule has 0 radical (unpaired) electrons. The summed E-state index contributed by atoms with van der Waals surface area (Å²) in [5.74, 6) is 1.58. The maximum atomic E-state index is 4.82. The Hall–Kier alpha value is -3.27. The Morgan fingerprint density at radius 3 is 2.00 bits per heavy atom. The van der Waals surface area contributed by atoms with E-state index in [1.165, 1.54) is 0 Å². The third-order valence-corrected chi connectivity index (χ3v) is 4.02. The van der Waals surface area contributed by atoms with Crippen LogP contribution in [0, 0.1) is 0 Å². The second-order valence-corrected chi connectivity index (χ2v) is 6.06. The van der Waals surface area contributed by atoms with Gasteiger partial charge in [-0.2, -0.15) is 0 Å². The maximum Gasteiger partial charge on any atom is 0.156 e. The molecule has 1 heterocycles. The van der Waals surface area contributed by atoms with Crippen LogP contribution in [0.15, 0.2) is 89.1 Å². The average molecular weight is 373 g/mol. The van der Waals surface area contributed by atoms with Gasteiger partial charge in [0.1, 0.15) is 5.84 Å². The highest BCUT2D eigenvalue weighted by atomic mass is 15.1. The van der Waals surface area contributed by atoms with Gasteiger partial charge in [0.2, 0.25) is 0 Å². The molecule has 0 spiro atoms. The number of benzene rings is 2. The van der Waals surface area contributed by atoms with E-state index in [0.29, 0.717) is 5.84 Å². The van der Waals surface area contributed by atoms with E-state index >= 15 is 0 Å². The summed E-state index contributed by atoms with van der Waals surface area (Å²) >= 11 is 0. The molecule has 0 unspecified atom stereocenters. The molecule has 0 aliphatic heterocycles. The Bertz CT molecular complexity index is 896. The highest BCUT2D eigenvalue weighted by Gasteiger charge is 2.10. The molecule has 0 atom stereocenters. The SMILES string of the molecule is CC.CN=C(N=C(c1ccc(-c2cccnc2)cc1)N(C)C)c1ccccc1. The molecule has 0 fully saturated rings. The van der Waals surface area contributed by atoms with Crippen LogP contribution in [0.5, 0.6) is 0 Å². The third-order valence-electron chi connectivity index (χ3n) is 4.02. The van der Waals surface area contributed by atoms with Gasteiger partial charge in [-0.25, -0.2) is 4.99 Å². The topological polar surface area (TPSA) is 40.9 Å². The summed E-state index contributed by atoms with van der Waals surface area (Å²) in [6.07, 6.45) is 3.65. The zero-order valence-electron chi connectivity index (χ0n) is 17.3. The van der Waals surface area contributed by atoms with Crippen molar-refractivity contribution in [2.75, 3.05) is 21.1 Å². The fourth-order valence-corrected chi connectivity index (χ4v) is 2.70. The average Bonchev–Trinajstić information content (AvgIpc) is 2.77. The number of rotatable bonds is 3. The Labute approximate surface area is 168 Å². The van der Waals surface area contributed by atoms with Crippen molar-refractivity contribution in [3.05, 3.63) is 90.3 Å². The summed E-state index contributed by atoms with van der Waals surface area (Å²) < 4.78 is 0. The summed E-state index contributed by atoms with van der Waals surface area (Å²) in [6.45, 7) is 4.00. The monoisotopic (exact) mass is 372 g/mol. The van der Waals surface area contributed by atoms with E-state index in [-0.39, 0.29) is 0 Å². The third kappa shape index (κ3) is 5.36. The van der Waals surface area contributed by atoms with E-state index in [4.69, 9.17) is 4.99 Å². The lowest BCUT2D eigenvalue weighted by Gasteiger charge is -2.17. The number of nitrogens with zero attached hydrogens (tertiary/aromatic N) is 4. The van der Waals surface area contributed by atoms with E-state index in [0.717, 1.165) is 28.1 Å². The van der Waals surface area contributed by atoms with Gasteiger partial charge in [0.15, 0.2) is 5.84 Å².